The lowest BCUT2D eigenvalue weighted by atomic mass is 10.1. The van der Waals surface area contributed by atoms with Gasteiger partial charge in [0.1, 0.15) is 11.0 Å². The van der Waals surface area contributed by atoms with Crippen LogP contribution in [0.4, 0.5) is 0 Å². The van der Waals surface area contributed by atoms with Crippen LogP contribution < -0.4 is 16.0 Å². The Morgan fingerprint density at radius 1 is 1.20 bits per heavy atom. The lowest BCUT2D eigenvalue weighted by Crippen LogP contribution is -2.33. The Morgan fingerprint density at radius 2 is 1.95 bits per heavy atom. The standard InChI is InChI=1S/C15H16N2O2S/c1-19-12-8-5-9-13(10-12)20-14(15(18)17-16)11-6-3-2-4-7-11/h2-10,14H,16H2,1H3,(H,17,18). The van der Waals surface area contributed by atoms with Crippen molar-refractivity contribution in [3.8, 4) is 5.75 Å². The molecule has 0 fully saturated rings. The number of hydrazine groups is 1. The van der Waals surface area contributed by atoms with Gasteiger partial charge in [-0.15, -0.1) is 11.8 Å². The summed E-state index contributed by atoms with van der Waals surface area (Å²) >= 11 is 1.43. The fraction of sp³-hybridized carbons (Fsp3) is 0.133. The van der Waals surface area contributed by atoms with E-state index in [4.69, 9.17) is 10.6 Å². The van der Waals surface area contributed by atoms with Crippen LogP contribution in [0.25, 0.3) is 0 Å². The van der Waals surface area contributed by atoms with Crippen LogP contribution in [-0.4, -0.2) is 13.0 Å². The molecule has 0 aliphatic carbocycles. The molecule has 104 valence electrons. The third-order valence-electron chi connectivity index (χ3n) is 2.78. The average Bonchev–Trinajstić information content (AvgIpc) is 2.53. The second-order valence-electron chi connectivity index (χ2n) is 4.10. The number of methoxy groups -OCH3 is 1. The zero-order valence-electron chi connectivity index (χ0n) is 11.1. The summed E-state index contributed by atoms with van der Waals surface area (Å²) in [6.45, 7) is 0. The van der Waals surface area contributed by atoms with E-state index in [0.29, 0.717) is 0 Å². The largest absolute Gasteiger partial charge is 0.497 e. The van der Waals surface area contributed by atoms with Gasteiger partial charge in [0.25, 0.3) is 5.91 Å². The Balaban J connectivity index is 2.26. The molecular weight excluding hydrogens is 272 g/mol. The van der Waals surface area contributed by atoms with Crippen molar-refractivity contribution in [1.82, 2.24) is 5.43 Å². The molecule has 4 nitrogen and oxygen atoms in total. The molecule has 0 aliphatic heterocycles. The van der Waals surface area contributed by atoms with Crippen LogP contribution in [-0.2, 0) is 4.79 Å². The first-order valence-electron chi connectivity index (χ1n) is 6.10. The van der Waals surface area contributed by atoms with Crippen molar-refractivity contribution >= 4 is 17.7 Å². The Hall–Kier alpha value is -1.98. The number of hydrogen-bond acceptors (Lipinski definition) is 4. The maximum Gasteiger partial charge on any atom is 0.251 e. The van der Waals surface area contributed by atoms with E-state index >= 15 is 0 Å². The summed E-state index contributed by atoms with van der Waals surface area (Å²) in [6, 6.07) is 17.1. The van der Waals surface area contributed by atoms with Crippen molar-refractivity contribution in [3.05, 3.63) is 60.2 Å². The van der Waals surface area contributed by atoms with Crippen LogP contribution in [0.2, 0.25) is 0 Å². The molecule has 0 saturated heterocycles. The van der Waals surface area contributed by atoms with E-state index in [2.05, 4.69) is 5.43 Å². The Bertz CT molecular complexity index is 575. The second-order valence-corrected chi connectivity index (χ2v) is 5.27. The molecule has 2 aromatic carbocycles. The van der Waals surface area contributed by atoms with Crippen molar-refractivity contribution < 1.29 is 9.53 Å². The number of rotatable bonds is 5. The molecule has 20 heavy (non-hydrogen) atoms. The third kappa shape index (κ3) is 3.53. The summed E-state index contributed by atoms with van der Waals surface area (Å²) in [5, 5.41) is -0.395. The molecule has 0 aliphatic rings. The molecule has 2 rings (SSSR count). The van der Waals surface area contributed by atoms with E-state index < -0.39 is 5.25 Å². The predicted octanol–water partition coefficient (Wildman–Crippen LogP) is 2.52. The third-order valence-corrected chi connectivity index (χ3v) is 4.03. The van der Waals surface area contributed by atoms with Crippen molar-refractivity contribution in [2.75, 3.05) is 7.11 Å². The summed E-state index contributed by atoms with van der Waals surface area (Å²) in [5.41, 5.74) is 3.13. The molecular formula is C15H16N2O2S. The minimum Gasteiger partial charge on any atom is -0.497 e. The van der Waals surface area contributed by atoms with Crippen LogP contribution in [0, 0.1) is 0 Å². The Kier molecular flexibility index (Phi) is 5.03. The van der Waals surface area contributed by atoms with Gasteiger partial charge in [-0.2, -0.15) is 0 Å². The minimum absolute atomic E-state index is 0.232. The average molecular weight is 288 g/mol. The molecule has 0 bridgehead atoms. The summed E-state index contributed by atoms with van der Waals surface area (Å²) in [5.74, 6) is 5.81. The highest BCUT2D eigenvalue weighted by molar-refractivity contribution is 8.00. The van der Waals surface area contributed by atoms with Crippen LogP contribution in [0.1, 0.15) is 10.8 Å². The number of nitrogens with one attached hydrogen (secondary N) is 1. The molecule has 3 N–H and O–H groups in total. The van der Waals surface area contributed by atoms with Crippen molar-refractivity contribution in [1.29, 1.82) is 0 Å². The lowest BCUT2D eigenvalue weighted by molar-refractivity contribution is -0.120. The number of hydrogen-bond donors (Lipinski definition) is 2. The van der Waals surface area contributed by atoms with Gasteiger partial charge in [0.15, 0.2) is 0 Å². The van der Waals surface area contributed by atoms with E-state index in [1.807, 2.05) is 54.6 Å². The molecule has 2 aromatic rings. The molecule has 0 aromatic heterocycles. The second kappa shape index (κ2) is 6.98. The smallest absolute Gasteiger partial charge is 0.251 e. The van der Waals surface area contributed by atoms with Gasteiger partial charge in [-0.1, -0.05) is 36.4 Å². The molecule has 1 amide bonds. The molecule has 0 saturated carbocycles. The van der Waals surface area contributed by atoms with Gasteiger partial charge in [0.2, 0.25) is 0 Å². The summed E-state index contributed by atoms with van der Waals surface area (Å²) < 4.78 is 5.19. The fourth-order valence-corrected chi connectivity index (χ4v) is 2.87. The topological polar surface area (TPSA) is 64.3 Å². The zero-order valence-corrected chi connectivity index (χ0v) is 11.9. The molecule has 0 spiro atoms. The number of ether oxygens (including phenoxy) is 1. The van der Waals surface area contributed by atoms with Gasteiger partial charge in [-0.3, -0.25) is 10.2 Å². The monoisotopic (exact) mass is 288 g/mol. The Labute approximate surface area is 122 Å². The van der Waals surface area contributed by atoms with Gasteiger partial charge in [-0.05, 0) is 23.8 Å². The highest BCUT2D eigenvalue weighted by atomic mass is 32.2. The minimum atomic E-state index is -0.395. The van der Waals surface area contributed by atoms with E-state index in [1.54, 1.807) is 7.11 Å². The van der Waals surface area contributed by atoms with Crippen molar-refractivity contribution in [2.24, 2.45) is 5.84 Å². The number of benzene rings is 2. The van der Waals surface area contributed by atoms with E-state index in [-0.39, 0.29) is 5.91 Å². The predicted molar refractivity (Wildman–Crippen MR) is 80.4 cm³/mol. The van der Waals surface area contributed by atoms with Crippen molar-refractivity contribution in [2.45, 2.75) is 10.1 Å². The van der Waals surface area contributed by atoms with E-state index in [0.717, 1.165) is 16.2 Å². The molecule has 1 atom stereocenters. The number of nitrogens with two attached hydrogens (primary N) is 1. The maximum atomic E-state index is 12.0. The van der Waals surface area contributed by atoms with Gasteiger partial charge in [-0.25, -0.2) is 5.84 Å². The fourth-order valence-electron chi connectivity index (χ4n) is 1.79. The molecule has 0 radical (unpaired) electrons. The van der Waals surface area contributed by atoms with E-state index in [1.165, 1.54) is 11.8 Å². The van der Waals surface area contributed by atoms with Gasteiger partial charge in [0.05, 0.1) is 7.11 Å². The van der Waals surface area contributed by atoms with Gasteiger partial charge in [0, 0.05) is 4.90 Å². The summed E-state index contributed by atoms with van der Waals surface area (Å²) in [6.07, 6.45) is 0. The van der Waals surface area contributed by atoms with Gasteiger partial charge >= 0.3 is 0 Å². The van der Waals surface area contributed by atoms with Crippen LogP contribution in [0.3, 0.4) is 0 Å². The van der Waals surface area contributed by atoms with Gasteiger partial charge < -0.3 is 4.74 Å². The SMILES string of the molecule is COc1cccc(SC(C(=O)NN)c2ccccc2)c1. The van der Waals surface area contributed by atoms with Crippen LogP contribution >= 0.6 is 11.8 Å². The lowest BCUT2D eigenvalue weighted by Gasteiger charge is -2.15. The first-order chi connectivity index (χ1) is 9.74. The Morgan fingerprint density at radius 3 is 2.60 bits per heavy atom. The molecule has 5 heteroatoms. The first kappa shape index (κ1) is 14.4. The maximum absolute atomic E-state index is 12.0. The number of carbonyl (C=O) groups excluding carboxylic acids is 1. The number of thioether (sulfide) groups is 1. The molecule has 1 unspecified atom stereocenters. The van der Waals surface area contributed by atoms with E-state index in [9.17, 15) is 4.79 Å². The number of amides is 1. The van der Waals surface area contributed by atoms with Crippen LogP contribution in [0.5, 0.6) is 5.75 Å². The molecule has 0 heterocycles. The first-order valence-corrected chi connectivity index (χ1v) is 6.98. The van der Waals surface area contributed by atoms with Crippen molar-refractivity contribution in [3.63, 3.8) is 0 Å². The summed E-state index contributed by atoms with van der Waals surface area (Å²) in [7, 11) is 1.62. The quantitative estimate of drug-likeness (QED) is 0.384. The highest BCUT2D eigenvalue weighted by Crippen LogP contribution is 2.36. The normalized spacial score (nSPS) is 11.7. The highest BCUT2D eigenvalue weighted by Gasteiger charge is 2.21. The number of carbonyl (C=O) groups is 1. The summed E-state index contributed by atoms with van der Waals surface area (Å²) in [4.78, 5) is 12.9. The van der Waals surface area contributed by atoms with Crippen LogP contribution in [0.15, 0.2) is 59.5 Å². The zero-order chi connectivity index (χ0) is 14.4.